The van der Waals surface area contributed by atoms with Gasteiger partial charge in [0.15, 0.2) is 5.78 Å². The highest BCUT2D eigenvalue weighted by Crippen LogP contribution is 2.37. The van der Waals surface area contributed by atoms with Crippen LogP contribution in [0.4, 0.5) is 0 Å². The average molecular weight is 674 g/mol. The van der Waals surface area contributed by atoms with Gasteiger partial charge in [0.1, 0.15) is 5.75 Å². The Kier molecular flexibility index (Phi) is 12.9. The van der Waals surface area contributed by atoms with Crippen LogP contribution in [0, 0.1) is 23.7 Å². The van der Waals surface area contributed by atoms with Crippen LogP contribution >= 0.6 is 0 Å². The summed E-state index contributed by atoms with van der Waals surface area (Å²) in [6, 6.07) is 16.0. The standard InChI is InChI=1S/C41H59N3O5/c1-28(2)22-29(3)15-18-32(23-30-12-9-8-10-13-30)39(48)43-21-11-14-36(43)37(46)25-33(24-31-16-19-35(45)20-17-31)38(47)42-34-26-40(4,5)44(49)41(6,7)27-34/h8-10,12-13,15-20,28-29,32-34,36,45,49H,11,14,21-27H2,1-7H3,(H,42,47)/b18-15+/t29-,32-,33-,36+/m1/s1. The SMILES string of the molecule is CC(C)C[C@H](C)/C=C/[C@H](Cc1ccccc1)C(=O)N1CCC[C@H]1C(=O)C[C@@H](Cc1ccc(O)cc1)C(=O)NC1CC(C)(C)N(O)C(C)(C)C1. The van der Waals surface area contributed by atoms with Crippen molar-refractivity contribution in [2.24, 2.45) is 23.7 Å². The van der Waals surface area contributed by atoms with E-state index in [9.17, 15) is 24.7 Å². The van der Waals surface area contributed by atoms with Crippen LogP contribution in [0.3, 0.4) is 0 Å². The summed E-state index contributed by atoms with van der Waals surface area (Å²) in [5, 5.41) is 25.3. The highest BCUT2D eigenvalue weighted by molar-refractivity contribution is 5.94. The first-order chi connectivity index (χ1) is 23.1. The van der Waals surface area contributed by atoms with Gasteiger partial charge in [0.2, 0.25) is 11.8 Å². The van der Waals surface area contributed by atoms with Crippen molar-refractivity contribution < 1.29 is 24.7 Å². The summed E-state index contributed by atoms with van der Waals surface area (Å²) in [5.41, 5.74) is 0.848. The van der Waals surface area contributed by atoms with Gasteiger partial charge in [-0.15, -0.1) is 0 Å². The molecule has 49 heavy (non-hydrogen) atoms. The predicted octanol–water partition coefficient (Wildman–Crippen LogP) is 7.13. The van der Waals surface area contributed by atoms with Crippen molar-refractivity contribution in [3.63, 3.8) is 0 Å². The van der Waals surface area contributed by atoms with Crippen LogP contribution in [-0.2, 0) is 27.2 Å². The zero-order chi connectivity index (χ0) is 35.9. The van der Waals surface area contributed by atoms with Gasteiger partial charge in [-0.1, -0.05) is 75.4 Å². The molecule has 0 unspecified atom stereocenters. The number of rotatable bonds is 14. The van der Waals surface area contributed by atoms with Crippen LogP contribution in [-0.4, -0.2) is 67.6 Å². The van der Waals surface area contributed by atoms with Crippen molar-refractivity contribution >= 4 is 17.6 Å². The van der Waals surface area contributed by atoms with Gasteiger partial charge in [-0.05, 0) is 108 Å². The number of amides is 2. The molecule has 2 saturated heterocycles. The minimum Gasteiger partial charge on any atom is -0.508 e. The van der Waals surface area contributed by atoms with Crippen LogP contribution < -0.4 is 5.32 Å². The van der Waals surface area contributed by atoms with Crippen molar-refractivity contribution in [3.8, 4) is 5.75 Å². The second-order valence-corrected chi connectivity index (χ2v) is 16.3. The lowest BCUT2D eigenvalue weighted by molar-refractivity contribution is -0.246. The number of allylic oxidation sites excluding steroid dienone is 1. The molecular weight excluding hydrogens is 614 g/mol. The molecule has 2 heterocycles. The molecule has 2 aliphatic heterocycles. The third-order valence-corrected chi connectivity index (χ3v) is 10.3. The Hall–Kier alpha value is -3.49. The number of carbonyl (C=O) groups excluding carboxylic acids is 3. The zero-order valence-corrected chi connectivity index (χ0v) is 30.7. The van der Waals surface area contributed by atoms with E-state index in [1.807, 2.05) is 64.1 Å². The number of hydrogen-bond acceptors (Lipinski definition) is 6. The molecule has 0 aliphatic carbocycles. The molecular formula is C41H59N3O5. The zero-order valence-electron chi connectivity index (χ0n) is 30.7. The molecule has 0 saturated carbocycles. The number of phenols is 1. The Bertz CT molecular complexity index is 1420. The van der Waals surface area contributed by atoms with Gasteiger partial charge in [0.05, 0.1) is 12.0 Å². The van der Waals surface area contributed by atoms with Crippen LogP contribution in [0.25, 0.3) is 0 Å². The molecule has 0 spiro atoms. The average Bonchev–Trinajstić information content (AvgIpc) is 3.52. The van der Waals surface area contributed by atoms with E-state index in [1.54, 1.807) is 29.2 Å². The molecule has 8 heteroatoms. The van der Waals surface area contributed by atoms with E-state index < -0.39 is 23.0 Å². The van der Waals surface area contributed by atoms with Gasteiger partial charge in [-0.2, -0.15) is 5.06 Å². The first kappa shape index (κ1) is 38.3. The summed E-state index contributed by atoms with van der Waals surface area (Å²) in [7, 11) is 0. The van der Waals surface area contributed by atoms with Gasteiger partial charge >= 0.3 is 0 Å². The summed E-state index contributed by atoms with van der Waals surface area (Å²) in [5.74, 6) is -0.338. The third-order valence-electron chi connectivity index (χ3n) is 10.3. The van der Waals surface area contributed by atoms with Crippen molar-refractivity contribution in [2.75, 3.05) is 6.54 Å². The third kappa shape index (κ3) is 10.5. The minimum absolute atomic E-state index is 0.0113. The fourth-order valence-corrected chi connectivity index (χ4v) is 8.07. The largest absolute Gasteiger partial charge is 0.508 e. The minimum atomic E-state index is -0.648. The molecule has 4 atom stereocenters. The van der Waals surface area contributed by atoms with Crippen LogP contribution in [0.2, 0.25) is 0 Å². The van der Waals surface area contributed by atoms with Gasteiger partial charge in [0.25, 0.3) is 0 Å². The van der Waals surface area contributed by atoms with E-state index in [4.69, 9.17) is 0 Å². The number of benzene rings is 2. The second kappa shape index (κ2) is 16.5. The van der Waals surface area contributed by atoms with Crippen molar-refractivity contribution in [3.05, 3.63) is 77.9 Å². The number of hydrogen-bond donors (Lipinski definition) is 3. The summed E-state index contributed by atoms with van der Waals surface area (Å²) in [6.07, 6.45) is 8.59. The Morgan fingerprint density at radius 3 is 2.12 bits per heavy atom. The summed E-state index contributed by atoms with van der Waals surface area (Å²) < 4.78 is 0. The van der Waals surface area contributed by atoms with Crippen molar-refractivity contribution in [1.29, 1.82) is 0 Å². The predicted molar refractivity (Wildman–Crippen MR) is 194 cm³/mol. The second-order valence-electron chi connectivity index (χ2n) is 16.3. The fourth-order valence-electron chi connectivity index (χ4n) is 8.07. The van der Waals surface area contributed by atoms with Crippen LogP contribution in [0.5, 0.6) is 5.75 Å². The molecule has 8 nitrogen and oxygen atoms in total. The van der Waals surface area contributed by atoms with E-state index in [1.165, 1.54) is 5.06 Å². The van der Waals surface area contributed by atoms with E-state index in [-0.39, 0.29) is 41.7 Å². The number of nitrogens with one attached hydrogen (secondary N) is 1. The monoisotopic (exact) mass is 673 g/mol. The number of ketones is 1. The highest BCUT2D eigenvalue weighted by Gasteiger charge is 2.46. The molecule has 2 amide bonds. The van der Waals surface area contributed by atoms with Crippen LogP contribution in [0.15, 0.2) is 66.7 Å². The van der Waals surface area contributed by atoms with Gasteiger partial charge in [0, 0.05) is 36.0 Å². The maximum absolute atomic E-state index is 14.2. The molecule has 268 valence electrons. The fraction of sp³-hybridized carbons (Fsp3) is 0.585. The number of aromatic hydroxyl groups is 1. The Morgan fingerprint density at radius 1 is 0.898 bits per heavy atom. The molecule has 2 aromatic rings. The Labute approximate surface area is 293 Å². The molecule has 2 fully saturated rings. The Balaban J connectivity index is 1.53. The van der Waals surface area contributed by atoms with E-state index >= 15 is 0 Å². The number of Topliss-reactive ketones (excluding diaryl/α,β-unsaturated/α-hetero) is 1. The molecule has 2 aromatic carbocycles. The number of nitrogens with zero attached hydrogens (tertiary/aromatic N) is 2. The topological polar surface area (TPSA) is 110 Å². The van der Waals surface area contributed by atoms with Gasteiger partial charge < -0.3 is 20.5 Å². The normalized spacial score (nSPS) is 21.5. The quantitative estimate of drug-likeness (QED) is 0.184. The smallest absolute Gasteiger partial charge is 0.230 e. The molecule has 4 rings (SSSR count). The molecule has 0 radical (unpaired) electrons. The lowest BCUT2D eigenvalue weighted by atomic mass is 9.78. The lowest BCUT2D eigenvalue weighted by Gasteiger charge is -2.51. The first-order valence-corrected chi connectivity index (χ1v) is 18.2. The molecule has 0 bridgehead atoms. The van der Waals surface area contributed by atoms with Crippen molar-refractivity contribution in [1.82, 2.24) is 15.3 Å². The number of likely N-dealkylation sites (tertiary alicyclic amines) is 1. The summed E-state index contributed by atoms with van der Waals surface area (Å²) in [6.45, 7) is 14.9. The maximum Gasteiger partial charge on any atom is 0.230 e. The summed E-state index contributed by atoms with van der Waals surface area (Å²) in [4.78, 5) is 44.2. The lowest BCUT2D eigenvalue weighted by Crippen LogP contribution is -2.63. The molecule has 0 aromatic heterocycles. The number of phenolic OH excluding ortho intramolecular Hbond substituents is 1. The Morgan fingerprint density at radius 2 is 1.51 bits per heavy atom. The summed E-state index contributed by atoms with van der Waals surface area (Å²) >= 11 is 0. The van der Waals surface area contributed by atoms with E-state index in [0.717, 1.165) is 24.0 Å². The van der Waals surface area contributed by atoms with Crippen LogP contribution in [0.1, 0.15) is 98.1 Å². The number of piperidine rings is 1. The maximum atomic E-state index is 14.2. The number of hydroxylamine groups is 2. The van der Waals surface area contributed by atoms with Gasteiger partial charge in [-0.3, -0.25) is 14.4 Å². The van der Waals surface area contributed by atoms with E-state index in [0.29, 0.717) is 50.5 Å². The highest BCUT2D eigenvalue weighted by atomic mass is 16.5. The first-order valence-electron chi connectivity index (χ1n) is 18.2. The molecule has 3 N–H and O–H groups in total. The number of carbonyl (C=O) groups is 3. The van der Waals surface area contributed by atoms with Crippen molar-refractivity contribution in [2.45, 2.75) is 123 Å². The van der Waals surface area contributed by atoms with Gasteiger partial charge in [-0.25, -0.2) is 0 Å². The molecule has 2 aliphatic rings. The van der Waals surface area contributed by atoms with E-state index in [2.05, 4.69) is 32.2 Å².